The van der Waals surface area contributed by atoms with E-state index in [-0.39, 0.29) is 28.8 Å². The lowest BCUT2D eigenvalue weighted by atomic mass is 10.2. The van der Waals surface area contributed by atoms with Gasteiger partial charge in [0.2, 0.25) is 5.88 Å². The predicted octanol–water partition coefficient (Wildman–Crippen LogP) is 3.61. The Balaban J connectivity index is 2.30. The highest BCUT2D eigenvalue weighted by Gasteiger charge is 2.23. The molecule has 7 nitrogen and oxygen atoms in total. The van der Waals surface area contributed by atoms with Gasteiger partial charge in [-0.1, -0.05) is 17.7 Å². The summed E-state index contributed by atoms with van der Waals surface area (Å²) >= 11 is 5.89. The van der Waals surface area contributed by atoms with Crippen molar-refractivity contribution >= 4 is 23.3 Å². The van der Waals surface area contributed by atoms with Crippen molar-refractivity contribution in [2.24, 2.45) is 0 Å². The van der Waals surface area contributed by atoms with Gasteiger partial charge in [0.05, 0.1) is 23.5 Å². The Morgan fingerprint density at radius 1 is 1.35 bits per heavy atom. The van der Waals surface area contributed by atoms with Gasteiger partial charge in [0.15, 0.2) is 0 Å². The smallest absolute Gasteiger partial charge is 0.312 e. The summed E-state index contributed by atoms with van der Waals surface area (Å²) in [7, 11) is 0. The normalized spacial score (nSPS) is 10.5. The summed E-state index contributed by atoms with van der Waals surface area (Å²) in [6.07, 6.45) is -0.480. The van der Waals surface area contributed by atoms with E-state index >= 15 is 0 Å². The van der Waals surface area contributed by atoms with E-state index in [1.807, 2.05) is 0 Å². The van der Waals surface area contributed by atoms with Crippen molar-refractivity contribution < 1.29 is 28.0 Å². The van der Waals surface area contributed by atoms with Crippen LogP contribution in [-0.4, -0.2) is 22.5 Å². The Hall–Kier alpha value is -2.81. The Labute approximate surface area is 151 Å². The lowest BCUT2D eigenvalue weighted by Gasteiger charge is -2.10. The molecule has 138 valence electrons. The van der Waals surface area contributed by atoms with Crippen molar-refractivity contribution in [3.63, 3.8) is 0 Å². The second-order valence-electron chi connectivity index (χ2n) is 4.97. The Morgan fingerprint density at radius 3 is 2.58 bits per heavy atom. The lowest BCUT2D eigenvalue weighted by Crippen LogP contribution is -2.12. The number of esters is 1. The summed E-state index contributed by atoms with van der Waals surface area (Å²) < 4.78 is 37.2. The van der Waals surface area contributed by atoms with Crippen molar-refractivity contribution in [2.75, 3.05) is 6.61 Å². The first-order chi connectivity index (χ1) is 12.3. The molecule has 0 amide bonds. The standard InChI is InChI=1S/C16H13ClF2N2O5/c1-2-25-15(22)7-13-14(21(23)24)6-10(17)16(20-13)26-8-9-11(18)4-3-5-12(9)19/h3-6H,2,7-8H2,1H3. The molecule has 0 spiro atoms. The SMILES string of the molecule is CCOC(=O)Cc1nc(OCc2c(F)cccc2F)c(Cl)cc1[N+](=O)[O-]. The average molecular weight is 387 g/mol. The van der Waals surface area contributed by atoms with Crippen LogP contribution in [0.4, 0.5) is 14.5 Å². The molecular weight excluding hydrogens is 374 g/mol. The minimum Gasteiger partial charge on any atom is -0.471 e. The van der Waals surface area contributed by atoms with E-state index in [0.717, 1.165) is 18.2 Å². The molecule has 2 rings (SSSR count). The van der Waals surface area contributed by atoms with Crippen LogP contribution >= 0.6 is 11.6 Å². The molecule has 0 radical (unpaired) electrons. The van der Waals surface area contributed by atoms with Crippen LogP contribution in [0.3, 0.4) is 0 Å². The molecule has 26 heavy (non-hydrogen) atoms. The first-order valence-corrected chi connectivity index (χ1v) is 7.76. The lowest BCUT2D eigenvalue weighted by molar-refractivity contribution is -0.385. The summed E-state index contributed by atoms with van der Waals surface area (Å²) in [6.45, 7) is 1.14. The molecule has 2 aromatic rings. The number of pyridine rings is 1. The molecule has 0 aliphatic carbocycles. The number of nitro groups is 1. The van der Waals surface area contributed by atoms with Gasteiger partial charge in [-0.25, -0.2) is 13.8 Å². The highest BCUT2D eigenvalue weighted by molar-refractivity contribution is 6.32. The van der Waals surface area contributed by atoms with Gasteiger partial charge in [0, 0.05) is 6.07 Å². The van der Waals surface area contributed by atoms with E-state index in [2.05, 4.69) is 4.98 Å². The van der Waals surface area contributed by atoms with Gasteiger partial charge >= 0.3 is 5.97 Å². The third kappa shape index (κ3) is 4.63. The second-order valence-corrected chi connectivity index (χ2v) is 5.38. The zero-order valence-corrected chi connectivity index (χ0v) is 14.3. The van der Waals surface area contributed by atoms with Crippen molar-refractivity contribution in [3.8, 4) is 5.88 Å². The minimum absolute atomic E-state index is 0.0934. The molecule has 0 fully saturated rings. The van der Waals surface area contributed by atoms with Gasteiger partial charge in [0.1, 0.15) is 29.0 Å². The summed E-state index contributed by atoms with van der Waals surface area (Å²) in [4.78, 5) is 25.8. The highest BCUT2D eigenvalue weighted by Crippen LogP contribution is 2.30. The Kier molecular flexibility index (Phi) is 6.40. The molecule has 0 N–H and O–H groups in total. The fraction of sp³-hybridized carbons (Fsp3) is 0.250. The zero-order chi connectivity index (χ0) is 19.3. The maximum atomic E-state index is 13.6. The quantitative estimate of drug-likeness (QED) is 0.410. The van der Waals surface area contributed by atoms with Crippen LogP contribution in [-0.2, 0) is 22.6 Å². The molecule has 0 saturated carbocycles. The zero-order valence-electron chi connectivity index (χ0n) is 13.5. The van der Waals surface area contributed by atoms with E-state index in [9.17, 15) is 23.7 Å². The van der Waals surface area contributed by atoms with Crippen molar-refractivity contribution in [2.45, 2.75) is 20.0 Å². The molecule has 10 heteroatoms. The minimum atomic E-state index is -0.824. The van der Waals surface area contributed by atoms with Crippen LogP contribution in [0.2, 0.25) is 5.02 Å². The van der Waals surface area contributed by atoms with Gasteiger partial charge in [-0.2, -0.15) is 0 Å². The summed E-state index contributed by atoms with van der Waals surface area (Å²) in [5.41, 5.74) is -1.08. The molecular formula is C16H13ClF2N2O5. The van der Waals surface area contributed by atoms with Crippen LogP contribution in [0.15, 0.2) is 24.3 Å². The number of hydrogen-bond acceptors (Lipinski definition) is 6. The second kappa shape index (κ2) is 8.52. The van der Waals surface area contributed by atoms with Crippen molar-refractivity contribution in [1.29, 1.82) is 0 Å². The third-order valence-corrected chi connectivity index (χ3v) is 3.50. The van der Waals surface area contributed by atoms with Gasteiger partial charge in [-0.3, -0.25) is 14.9 Å². The molecule has 0 aliphatic heterocycles. The van der Waals surface area contributed by atoms with Crippen molar-refractivity contribution in [1.82, 2.24) is 4.98 Å². The topological polar surface area (TPSA) is 91.6 Å². The first-order valence-electron chi connectivity index (χ1n) is 7.38. The van der Waals surface area contributed by atoms with E-state index in [1.54, 1.807) is 6.92 Å². The van der Waals surface area contributed by atoms with Gasteiger partial charge in [0.25, 0.3) is 5.69 Å². The molecule has 0 aliphatic rings. The number of carbonyl (C=O) groups is 1. The number of halogens is 3. The van der Waals surface area contributed by atoms with E-state index < -0.39 is 41.2 Å². The Bertz CT molecular complexity index is 827. The molecule has 1 aromatic heterocycles. The third-order valence-electron chi connectivity index (χ3n) is 3.23. The predicted molar refractivity (Wildman–Crippen MR) is 86.9 cm³/mol. The number of rotatable bonds is 7. The van der Waals surface area contributed by atoms with E-state index in [1.165, 1.54) is 6.07 Å². The summed E-state index contributed by atoms with van der Waals surface area (Å²) in [5, 5.41) is 10.9. The highest BCUT2D eigenvalue weighted by atomic mass is 35.5. The van der Waals surface area contributed by atoms with Gasteiger partial charge < -0.3 is 9.47 Å². The Morgan fingerprint density at radius 2 is 2.00 bits per heavy atom. The van der Waals surface area contributed by atoms with Crippen LogP contribution in [0.5, 0.6) is 5.88 Å². The van der Waals surface area contributed by atoms with Crippen LogP contribution in [0.25, 0.3) is 0 Å². The number of aromatic nitrogens is 1. The van der Waals surface area contributed by atoms with Crippen molar-refractivity contribution in [3.05, 3.63) is 62.3 Å². The number of nitrogens with zero attached hydrogens (tertiary/aromatic N) is 2. The largest absolute Gasteiger partial charge is 0.471 e. The maximum Gasteiger partial charge on any atom is 0.312 e. The number of carbonyl (C=O) groups excluding carboxylic acids is 1. The summed E-state index contributed by atoms with van der Waals surface area (Å²) in [6, 6.07) is 4.26. The fourth-order valence-electron chi connectivity index (χ4n) is 2.05. The van der Waals surface area contributed by atoms with Gasteiger partial charge in [-0.05, 0) is 19.1 Å². The average Bonchev–Trinajstić information content (AvgIpc) is 2.56. The molecule has 1 aromatic carbocycles. The maximum absolute atomic E-state index is 13.6. The van der Waals surface area contributed by atoms with Crippen LogP contribution < -0.4 is 4.74 Å². The summed E-state index contributed by atoms with van der Waals surface area (Å²) in [5.74, 6) is -2.67. The number of hydrogen-bond donors (Lipinski definition) is 0. The number of benzene rings is 1. The molecule has 0 atom stereocenters. The molecule has 1 heterocycles. The molecule has 0 saturated heterocycles. The van der Waals surface area contributed by atoms with Gasteiger partial charge in [-0.15, -0.1) is 0 Å². The molecule has 0 bridgehead atoms. The molecule has 0 unspecified atom stereocenters. The van der Waals surface area contributed by atoms with Crippen LogP contribution in [0, 0.1) is 21.7 Å². The van der Waals surface area contributed by atoms with E-state index in [4.69, 9.17) is 21.1 Å². The number of ether oxygens (including phenoxy) is 2. The fourth-order valence-corrected chi connectivity index (χ4v) is 2.25. The first kappa shape index (κ1) is 19.5. The van der Waals surface area contributed by atoms with E-state index in [0.29, 0.717) is 0 Å². The monoisotopic (exact) mass is 386 g/mol. The van der Waals surface area contributed by atoms with Crippen LogP contribution in [0.1, 0.15) is 18.2 Å².